The maximum atomic E-state index is 13.7. The smallest absolute Gasteiger partial charge is 0.362 e. The lowest BCUT2D eigenvalue weighted by molar-refractivity contribution is -0.935. The van der Waals surface area contributed by atoms with Gasteiger partial charge in [0, 0.05) is 12.1 Å². The largest absolute Gasteiger partial charge is 0.457 e. The summed E-state index contributed by atoms with van der Waals surface area (Å²) in [4.78, 5) is 26.5. The zero-order valence-corrected chi connectivity index (χ0v) is 20.0. The van der Waals surface area contributed by atoms with Crippen LogP contribution in [0.5, 0.6) is 0 Å². The van der Waals surface area contributed by atoms with E-state index in [0.717, 1.165) is 44.3 Å². The molecule has 1 unspecified atom stereocenters. The normalized spacial score (nSPS) is 16.5. The molecule has 1 saturated heterocycles. The number of esters is 1. The van der Waals surface area contributed by atoms with Gasteiger partial charge in [0.25, 0.3) is 5.91 Å². The van der Waals surface area contributed by atoms with Gasteiger partial charge in [-0.1, -0.05) is 37.3 Å². The molecule has 178 valence electrons. The average molecular weight is 456 g/mol. The number of hydrogen-bond donors (Lipinski definition) is 1. The Morgan fingerprint density at radius 3 is 2.21 bits per heavy atom. The van der Waals surface area contributed by atoms with Gasteiger partial charge in [0.05, 0.1) is 13.1 Å². The third-order valence-corrected chi connectivity index (χ3v) is 6.74. The molecule has 0 bridgehead atoms. The van der Waals surface area contributed by atoms with Crippen LogP contribution in [-0.2, 0) is 20.9 Å². The van der Waals surface area contributed by atoms with E-state index in [0.29, 0.717) is 27.7 Å². The van der Waals surface area contributed by atoms with E-state index in [1.807, 2.05) is 37.3 Å². The molecule has 0 radical (unpaired) electrons. The van der Waals surface area contributed by atoms with Crippen molar-refractivity contribution in [1.82, 2.24) is 0 Å². The predicted molar refractivity (Wildman–Crippen MR) is 128 cm³/mol. The second kappa shape index (κ2) is 11.4. The quantitative estimate of drug-likeness (QED) is 0.434. The molecule has 6 heteroatoms. The van der Waals surface area contributed by atoms with Crippen LogP contribution < -0.4 is 5.32 Å². The Labute approximate surface area is 196 Å². The molecule has 33 heavy (non-hydrogen) atoms. The van der Waals surface area contributed by atoms with E-state index in [1.165, 1.54) is 12.1 Å². The average Bonchev–Trinajstić information content (AvgIpc) is 3.02. The van der Waals surface area contributed by atoms with Crippen LogP contribution in [0.1, 0.15) is 55.7 Å². The van der Waals surface area contributed by atoms with Gasteiger partial charge >= 0.3 is 5.97 Å². The van der Waals surface area contributed by atoms with E-state index >= 15 is 0 Å². The summed E-state index contributed by atoms with van der Waals surface area (Å²) in [5.41, 5.74) is 2.99. The maximum Gasteiger partial charge on any atom is 0.362 e. The summed E-state index contributed by atoms with van der Waals surface area (Å²) in [5.74, 6) is -0.707. The lowest BCUT2D eigenvalue weighted by atomic mass is 10.0. The number of aryl methyl sites for hydroxylation is 2. The molecule has 1 aliphatic heterocycles. The molecule has 1 fully saturated rings. The lowest BCUT2D eigenvalue weighted by Crippen LogP contribution is -2.62. The molecule has 1 N–H and O–H groups in total. The van der Waals surface area contributed by atoms with Crippen LogP contribution in [0.25, 0.3) is 0 Å². The van der Waals surface area contributed by atoms with Crippen LogP contribution in [-0.4, -0.2) is 42.0 Å². The van der Waals surface area contributed by atoms with E-state index in [2.05, 4.69) is 5.32 Å². The van der Waals surface area contributed by atoms with E-state index in [-0.39, 0.29) is 36.9 Å². The van der Waals surface area contributed by atoms with Gasteiger partial charge in [-0.15, -0.1) is 0 Å². The van der Waals surface area contributed by atoms with Crippen molar-refractivity contribution in [3.8, 4) is 0 Å². The highest BCUT2D eigenvalue weighted by Crippen LogP contribution is 2.28. The highest BCUT2D eigenvalue weighted by atomic mass is 19.1. The van der Waals surface area contributed by atoms with Gasteiger partial charge in [-0.05, 0) is 68.4 Å². The molecule has 0 saturated carbocycles. The predicted octanol–water partition coefficient (Wildman–Crippen LogP) is 5.29. The summed E-state index contributed by atoms with van der Waals surface area (Å²) in [6.45, 7) is 7.54. The molecule has 2 aromatic rings. The number of likely N-dealkylation sites (tertiary alicyclic amines) is 1. The summed E-state index contributed by atoms with van der Waals surface area (Å²) < 4.78 is 19.8. The summed E-state index contributed by atoms with van der Waals surface area (Å²) in [5, 5.41) is 3.06. The first-order valence-electron chi connectivity index (χ1n) is 12.0. The number of hydrogen-bond acceptors (Lipinski definition) is 3. The van der Waals surface area contributed by atoms with E-state index in [9.17, 15) is 14.0 Å². The Morgan fingerprint density at radius 2 is 1.64 bits per heavy atom. The first-order valence-corrected chi connectivity index (χ1v) is 12.0. The molecule has 3 rings (SSSR count). The Bertz CT molecular complexity index is 930. The minimum absolute atomic E-state index is 0.118. The highest BCUT2D eigenvalue weighted by Gasteiger charge is 2.43. The number of amides is 1. The number of nitrogens with one attached hydrogen (secondary N) is 1. The van der Waals surface area contributed by atoms with Crippen molar-refractivity contribution < 1.29 is 23.2 Å². The highest BCUT2D eigenvalue weighted by molar-refractivity contribution is 5.95. The fourth-order valence-electron chi connectivity index (χ4n) is 5.08. The van der Waals surface area contributed by atoms with E-state index < -0.39 is 0 Å². The maximum absolute atomic E-state index is 13.7. The number of carbonyl (C=O) groups is 2. The van der Waals surface area contributed by atoms with Gasteiger partial charge in [0.2, 0.25) is 0 Å². The Hall–Kier alpha value is -2.73. The number of anilines is 1. The van der Waals surface area contributed by atoms with Gasteiger partial charge in [-0.2, -0.15) is 0 Å². The van der Waals surface area contributed by atoms with Crippen LogP contribution in [0.4, 0.5) is 10.1 Å². The molecule has 2 aromatic carbocycles. The number of carbonyl (C=O) groups excluding carboxylic acids is 2. The second-order valence-electron chi connectivity index (χ2n) is 9.21. The topological polar surface area (TPSA) is 55.4 Å². The number of ether oxygens (including phenoxy) is 1. The zero-order chi connectivity index (χ0) is 23.8. The van der Waals surface area contributed by atoms with Crippen molar-refractivity contribution in [3.63, 3.8) is 0 Å². The SMILES string of the molecule is CCC(C(=O)Nc1c(C)cc(F)cc1C)[N+]1(CC(=O)OCc2ccccc2)CCCCCC1. The van der Waals surface area contributed by atoms with Crippen LogP contribution >= 0.6 is 0 Å². The van der Waals surface area contributed by atoms with Gasteiger partial charge in [-0.25, -0.2) is 9.18 Å². The van der Waals surface area contributed by atoms with Gasteiger partial charge in [0.1, 0.15) is 12.4 Å². The summed E-state index contributed by atoms with van der Waals surface area (Å²) in [6, 6.07) is 12.1. The fourth-order valence-corrected chi connectivity index (χ4v) is 5.08. The van der Waals surface area contributed by atoms with Crippen molar-refractivity contribution in [1.29, 1.82) is 0 Å². The molecule has 1 amide bonds. The monoisotopic (exact) mass is 455 g/mol. The van der Waals surface area contributed by atoms with Crippen molar-refractivity contribution >= 4 is 17.6 Å². The number of rotatable bonds is 8. The zero-order valence-electron chi connectivity index (χ0n) is 20.0. The van der Waals surface area contributed by atoms with Crippen molar-refractivity contribution in [2.75, 3.05) is 25.0 Å². The first kappa shape index (κ1) is 24.9. The molecule has 1 atom stereocenters. The van der Waals surface area contributed by atoms with E-state index in [4.69, 9.17) is 4.74 Å². The molecular formula is C27H36FN2O3+. The van der Waals surface area contributed by atoms with Gasteiger partial charge in [-0.3, -0.25) is 4.79 Å². The van der Waals surface area contributed by atoms with Crippen molar-refractivity contribution in [2.24, 2.45) is 0 Å². The molecule has 0 aliphatic carbocycles. The first-order chi connectivity index (χ1) is 15.8. The number of halogens is 1. The minimum atomic E-state index is -0.378. The third kappa shape index (κ3) is 6.41. The summed E-state index contributed by atoms with van der Waals surface area (Å²) >= 11 is 0. The summed E-state index contributed by atoms with van der Waals surface area (Å²) in [6.07, 6.45) is 4.77. The van der Waals surface area contributed by atoms with Crippen LogP contribution in [0.3, 0.4) is 0 Å². The number of quaternary nitrogens is 1. The summed E-state index contributed by atoms with van der Waals surface area (Å²) in [7, 11) is 0. The fraction of sp³-hybridized carbons (Fsp3) is 0.481. The van der Waals surface area contributed by atoms with Gasteiger partial charge in [0.15, 0.2) is 12.6 Å². The second-order valence-corrected chi connectivity index (χ2v) is 9.21. The Kier molecular flexibility index (Phi) is 8.61. The van der Waals surface area contributed by atoms with Crippen molar-refractivity contribution in [2.45, 2.75) is 65.5 Å². The standard InChI is InChI=1S/C27H35FN2O3/c1-4-24(27(32)29-26-20(2)16-23(28)17-21(26)3)30(14-10-5-6-11-15-30)18-25(31)33-19-22-12-8-7-9-13-22/h7-9,12-13,16-17,24H,4-6,10-11,14-15,18-19H2,1-3H3/p+1. The molecule has 0 spiro atoms. The van der Waals surface area contributed by atoms with Crippen molar-refractivity contribution in [3.05, 3.63) is 65.0 Å². The Morgan fingerprint density at radius 1 is 1.03 bits per heavy atom. The third-order valence-electron chi connectivity index (χ3n) is 6.74. The van der Waals surface area contributed by atoms with Gasteiger partial charge < -0.3 is 14.5 Å². The number of nitrogens with zero attached hydrogens (tertiary/aromatic N) is 1. The molecule has 5 nitrogen and oxygen atoms in total. The Balaban J connectivity index is 1.79. The molecule has 1 heterocycles. The van der Waals surface area contributed by atoms with Crippen LogP contribution in [0, 0.1) is 19.7 Å². The van der Waals surface area contributed by atoms with Crippen LogP contribution in [0.15, 0.2) is 42.5 Å². The molecule has 1 aliphatic rings. The molecule has 0 aromatic heterocycles. The lowest BCUT2D eigenvalue weighted by Gasteiger charge is -2.42. The van der Waals surface area contributed by atoms with Crippen LogP contribution in [0.2, 0.25) is 0 Å². The number of benzene rings is 2. The molecular weight excluding hydrogens is 419 g/mol. The van der Waals surface area contributed by atoms with E-state index in [1.54, 1.807) is 13.8 Å². The minimum Gasteiger partial charge on any atom is -0.457 e.